The van der Waals surface area contributed by atoms with Gasteiger partial charge in [-0.2, -0.15) is 0 Å². The first-order valence-corrected chi connectivity index (χ1v) is 10.9. The lowest BCUT2D eigenvalue weighted by Crippen LogP contribution is -2.46. The van der Waals surface area contributed by atoms with Crippen molar-refractivity contribution in [1.29, 1.82) is 0 Å². The monoisotopic (exact) mass is 466 g/mol. The number of hydrogen-bond donors (Lipinski definition) is 4. The maximum Gasteiger partial charge on any atom is 0.274 e. The van der Waals surface area contributed by atoms with Crippen LogP contribution in [0.25, 0.3) is 11.3 Å². The Morgan fingerprint density at radius 2 is 1.97 bits per heavy atom. The fourth-order valence-electron chi connectivity index (χ4n) is 3.72. The van der Waals surface area contributed by atoms with Crippen LogP contribution in [0.1, 0.15) is 39.3 Å². The highest BCUT2D eigenvalue weighted by atomic mass is 19.2. The summed E-state index contributed by atoms with van der Waals surface area (Å²) in [6, 6.07) is 10.3. The van der Waals surface area contributed by atoms with Crippen molar-refractivity contribution in [3.63, 3.8) is 0 Å². The lowest BCUT2D eigenvalue weighted by molar-refractivity contribution is 0.0923. The Balaban J connectivity index is 1.49. The van der Waals surface area contributed by atoms with Gasteiger partial charge < -0.3 is 21.7 Å². The van der Waals surface area contributed by atoms with Gasteiger partial charge in [-0.15, -0.1) is 0 Å². The molecule has 0 radical (unpaired) electrons. The predicted molar refractivity (Wildman–Crippen MR) is 123 cm³/mol. The molecule has 0 aliphatic carbocycles. The molecule has 5 N–H and O–H groups in total. The summed E-state index contributed by atoms with van der Waals surface area (Å²) in [7, 11) is 0. The van der Waals surface area contributed by atoms with Crippen molar-refractivity contribution in [1.82, 2.24) is 25.9 Å². The van der Waals surface area contributed by atoms with Gasteiger partial charge in [0.15, 0.2) is 23.1 Å². The molecule has 0 spiro atoms. The highest BCUT2D eigenvalue weighted by molar-refractivity contribution is 5.97. The SMILES string of the molecule is Nc1ncc(-c2cccc(C(=O)NCc3cccc(F)c3F)c2)nc1C(=O)NC1CCCNC1. The molecular weight excluding hydrogens is 442 g/mol. The zero-order valence-corrected chi connectivity index (χ0v) is 18.3. The van der Waals surface area contributed by atoms with E-state index < -0.39 is 23.4 Å². The normalized spacial score (nSPS) is 15.5. The zero-order chi connectivity index (χ0) is 24.1. The summed E-state index contributed by atoms with van der Waals surface area (Å²) in [4.78, 5) is 33.8. The van der Waals surface area contributed by atoms with Crippen molar-refractivity contribution < 1.29 is 18.4 Å². The molecular formula is C24H24F2N6O2. The first-order chi connectivity index (χ1) is 16.4. The summed E-state index contributed by atoms with van der Waals surface area (Å²) >= 11 is 0. The molecule has 1 aliphatic heterocycles. The number of nitrogens with zero attached hydrogens (tertiary/aromatic N) is 2. The Labute approximate surface area is 195 Å². The average Bonchev–Trinajstić information content (AvgIpc) is 2.85. The summed E-state index contributed by atoms with van der Waals surface area (Å²) in [6.07, 6.45) is 3.25. The van der Waals surface area contributed by atoms with E-state index in [-0.39, 0.29) is 35.2 Å². The van der Waals surface area contributed by atoms with E-state index in [4.69, 9.17) is 5.73 Å². The van der Waals surface area contributed by atoms with E-state index in [9.17, 15) is 18.4 Å². The fourth-order valence-corrected chi connectivity index (χ4v) is 3.72. The smallest absolute Gasteiger partial charge is 0.274 e. The first kappa shape index (κ1) is 23.2. The topological polar surface area (TPSA) is 122 Å². The molecule has 1 fully saturated rings. The molecule has 2 aromatic carbocycles. The molecule has 2 amide bonds. The van der Waals surface area contributed by atoms with Gasteiger partial charge in [-0.05, 0) is 37.6 Å². The minimum absolute atomic E-state index is 0.0102. The molecule has 0 saturated carbocycles. The number of nitrogen functional groups attached to an aromatic ring is 1. The second kappa shape index (κ2) is 10.3. The number of nitrogens with two attached hydrogens (primary N) is 1. The van der Waals surface area contributed by atoms with E-state index in [1.165, 1.54) is 18.3 Å². The predicted octanol–water partition coefficient (Wildman–Crippen LogP) is 2.42. The quantitative estimate of drug-likeness (QED) is 0.443. The summed E-state index contributed by atoms with van der Waals surface area (Å²) in [5, 5.41) is 8.72. The average molecular weight is 466 g/mol. The van der Waals surface area contributed by atoms with Crippen LogP contribution in [0.3, 0.4) is 0 Å². The number of halogens is 2. The Hall–Kier alpha value is -3.92. The Morgan fingerprint density at radius 3 is 2.76 bits per heavy atom. The number of aromatic nitrogens is 2. The van der Waals surface area contributed by atoms with Gasteiger partial charge in [0.25, 0.3) is 11.8 Å². The summed E-state index contributed by atoms with van der Waals surface area (Å²) in [5.41, 5.74) is 7.15. The van der Waals surface area contributed by atoms with Crippen molar-refractivity contribution in [3.05, 3.63) is 77.1 Å². The third kappa shape index (κ3) is 5.34. The third-order valence-electron chi connectivity index (χ3n) is 5.54. The van der Waals surface area contributed by atoms with Gasteiger partial charge in [-0.3, -0.25) is 9.59 Å². The number of benzene rings is 2. The Bertz CT molecular complexity index is 1210. The molecule has 1 saturated heterocycles. The highest BCUT2D eigenvalue weighted by Gasteiger charge is 2.20. The van der Waals surface area contributed by atoms with Crippen molar-refractivity contribution >= 4 is 17.6 Å². The minimum Gasteiger partial charge on any atom is -0.382 e. The van der Waals surface area contributed by atoms with Gasteiger partial charge in [-0.25, -0.2) is 18.7 Å². The van der Waals surface area contributed by atoms with E-state index in [0.29, 0.717) is 17.8 Å². The van der Waals surface area contributed by atoms with E-state index in [0.717, 1.165) is 25.5 Å². The van der Waals surface area contributed by atoms with E-state index in [1.807, 2.05) is 0 Å². The summed E-state index contributed by atoms with van der Waals surface area (Å²) in [6.45, 7) is 1.43. The molecule has 4 rings (SSSR count). The lowest BCUT2D eigenvalue weighted by Gasteiger charge is -2.23. The molecule has 1 aliphatic rings. The number of carbonyl (C=O) groups excluding carboxylic acids is 2. The van der Waals surface area contributed by atoms with Crippen molar-refractivity contribution in [2.24, 2.45) is 0 Å². The van der Waals surface area contributed by atoms with Crippen LogP contribution in [0.15, 0.2) is 48.7 Å². The summed E-state index contributed by atoms with van der Waals surface area (Å²) < 4.78 is 27.2. The fraction of sp³-hybridized carbons (Fsp3) is 0.250. The number of hydrogen-bond acceptors (Lipinski definition) is 6. The van der Waals surface area contributed by atoms with Crippen molar-refractivity contribution in [2.75, 3.05) is 18.8 Å². The highest BCUT2D eigenvalue weighted by Crippen LogP contribution is 2.20. The molecule has 1 unspecified atom stereocenters. The number of amides is 2. The van der Waals surface area contributed by atoms with Gasteiger partial charge in [0, 0.05) is 35.8 Å². The molecule has 1 aromatic heterocycles. The van der Waals surface area contributed by atoms with Crippen LogP contribution >= 0.6 is 0 Å². The molecule has 34 heavy (non-hydrogen) atoms. The molecule has 176 valence electrons. The van der Waals surface area contributed by atoms with Crippen LogP contribution in [0.2, 0.25) is 0 Å². The number of anilines is 1. The van der Waals surface area contributed by atoms with Gasteiger partial charge in [0.1, 0.15) is 0 Å². The van der Waals surface area contributed by atoms with Crippen LogP contribution in [-0.4, -0.2) is 40.9 Å². The number of nitrogens with one attached hydrogen (secondary N) is 3. The van der Waals surface area contributed by atoms with Gasteiger partial charge >= 0.3 is 0 Å². The van der Waals surface area contributed by atoms with E-state index in [2.05, 4.69) is 25.9 Å². The second-order valence-electron chi connectivity index (χ2n) is 7.98. The molecule has 0 bridgehead atoms. The molecule has 2 heterocycles. The van der Waals surface area contributed by atoms with Crippen LogP contribution in [0, 0.1) is 11.6 Å². The molecule has 1 atom stereocenters. The van der Waals surface area contributed by atoms with Crippen LogP contribution in [0.4, 0.5) is 14.6 Å². The van der Waals surface area contributed by atoms with Gasteiger partial charge in [0.2, 0.25) is 0 Å². The van der Waals surface area contributed by atoms with E-state index in [1.54, 1.807) is 24.3 Å². The second-order valence-corrected chi connectivity index (χ2v) is 7.98. The number of rotatable bonds is 6. The molecule has 8 nitrogen and oxygen atoms in total. The number of piperidine rings is 1. The van der Waals surface area contributed by atoms with Crippen molar-refractivity contribution in [2.45, 2.75) is 25.4 Å². The van der Waals surface area contributed by atoms with Gasteiger partial charge in [-0.1, -0.05) is 24.3 Å². The maximum atomic E-state index is 13.8. The third-order valence-corrected chi connectivity index (χ3v) is 5.54. The standard InChI is InChI=1S/C24H24F2N6O2/c25-18-8-2-6-16(20(18)26)11-30-23(33)15-5-1-4-14(10-15)19-13-29-22(27)21(32-19)24(34)31-17-7-3-9-28-12-17/h1-2,4-6,8,10,13,17,28H,3,7,9,11-12H2,(H2,27,29)(H,30,33)(H,31,34). The first-order valence-electron chi connectivity index (χ1n) is 10.9. The Morgan fingerprint density at radius 1 is 1.15 bits per heavy atom. The summed E-state index contributed by atoms with van der Waals surface area (Å²) in [5.74, 6) is -2.85. The van der Waals surface area contributed by atoms with Crippen LogP contribution in [0.5, 0.6) is 0 Å². The van der Waals surface area contributed by atoms with Crippen LogP contribution in [-0.2, 0) is 6.54 Å². The van der Waals surface area contributed by atoms with Gasteiger partial charge in [0.05, 0.1) is 11.9 Å². The zero-order valence-electron chi connectivity index (χ0n) is 18.3. The molecule has 3 aromatic rings. The lowest BCUT2D eigenvalue weighted by atomic mass is 10.1. The van der Waals surface area contributed by atoms with Crippen molar-refractivity contribution in [3.8, 4) is 11.3 Å². The van der Waals surface area contributed by atoms with Crippen LogP contribution < -0.4 is 21.7 Å². The van der Waals surface area contributed by atoms with E-state index >= 15 is 0 Å². The maximum absolute atomic E-state index is 13.8. The Kier molecular flexibility index (Phi) is 7.07. The number of carbonyl (C=O) groups is 2. The largest absolute Gasteiger partial charge is 0.382 e. The molecule has 10 heteroatoms. The minimum atomic E-state index is -0.997.